The van der Waals surface area contributed by atoms with E-state index in [1.807, 2.05) is 0 Å². The van der Waals surface area contributed by atoms with E-state index in [0.717, 1.165) is 19.0 Å². The van der Waals surface area contributed by atoms with Crippen LogP contribution < -0.4 is 0 Å². The van der Waals surface area contributed by atoms with Crippen LogP contribution in [0.1, 0.15) is 67.7 Å². The standard InChI is InChI=1S/2C14H21N/c1-12-5-3-7-14(9-12)11-15-8-4-6-13(2)10-15;1-13-7-6-8-14(11-13)12-15-9-4-2-3-5-10-15/h3,5,7,9,13H,4,6,8,10-11H2,1-2H3;6-8,11H,2-5,9-10,12H2,1H3. The molecule has 164 valence electrons. The summed E-state index contributed by atoms with van der Waals surface area (Å²) < 4.78 is 0. The average molecular weight is 407 g/mol. The van der Waals surface area contributed by atoms with Gasteiger partial charge in [-0.25, -0.2) is 0 Å². The van der Waals surface area contributed by atoms with E-state index in [1.54, 1.807) is 0 Å². The maximum atomic E-state index is 2.60. The fraction of sp³-hybridized carbons (Fsp3) is 0.571. The predicted octanol–water partition coefficient (Wildman–Crippen LogP) is 6.60. The lowest BCUT2D eigenvalue weighted by atomic mass is 9.99. The molecule has 2 heterocycles. The van der Waals surface area contributed by atoms with Crippen LogP contribution in [0.15, 0.2) is 48.5 Å². The quantitative estimate of drug-likeness (QED) is 0.564. The minimum absolute atomic E-state index is 0.878. The van der Waals surface area contributed by atoms with E-state index in [0.29, 0.717) is 0 Å². The number of nitrogens with zero attached hydrogens (tertiary/aromatic N) is 2. The van der Waals surface area contributed by atoms with Crippen LogP contribution in [0.5, 0.6) is 0 Å². The van der Waals surface area contributed by atoms with Crippen molar-refractivity contribution in [3.63, 3.8) is 0 Å². The van der Waals surface area contributed by atoms with Gasteiger partial charge in [0.1, 0.15) is 0 Å². The number of rotatable bonds is 4. The predicted molar refractivity (Wildman–Crippen MR) is 130 cm³/mol. The highest BCUT2D eigenvalue weighted by atomic mass is 15.1. The zero-order chi connectivity index (χ0) is 21.2. The van der Waals surface area contributed by atoms with Crippen molar-refractivity contribution >= 4 is 0 Å². The summed E-state index contributed by atoms with van der Waals surface area (Å²) in [4.78, 5) is 5.19. The van der Waals surface area contributed by atoms with Crippen LogP contribution in [0.3, 0.4) is 0 Å². The molecule has 0 aromatic heterocycles. The number of hydrogen-bond donors (Lipinski definition) is 0. The molecule has 0 bridgehead atoms. The minimum atomic E-state index is 0.878. The number of benzene rings is 2. The second-order valence-electron chi connectivity index (χ2n) is 9.65. The van der Waals surface area contributed by atoms with Gasteiger partial charge in [-0.3, -0.25) is 9.80 Å². The maximum absolute atomic E-state index is 2.60. The molecule has 0 N–H and O–H groups in total. The minimum Gasteiger partial charge on any atom is -0.299 e. The van der Waals surface area contributed by atoms with Gasteiger partial charge in [0.2, 0.25) is 0 Å². The average Bonchev–Trinajstić information content (AvgIpc) is 2.97. The zero-order valence-electron chi connectivity index (χ0n) is 19.6. The van der Waals surface area contributed by atoms with E-state index in [1.165, 1.54) is 87.0 Å². The molecule has 0 saturated carbocycles. The van der Waals surface area contributed by atoms with Crippen molar-refractivity contribution < 1.29 is 0 Å². The van der Waals surface area contributed by atoms with Crippen molar-refractivity contribution in [3.8, 4) is 0 Å². The summed E-state index contributed by atoms with van der Waals surface area (Å²) in [5.41, 5.74) is 5.68. The Bertz CT molecular complexity index is 700. The van der Waals surface area contributed by atoms with Gasteiger partial charge in [-0.05, 0) is 76.2 Å². The van der Waals surface area contributed by atoms with Crippen LogP contribution in [0.25, 0.3) is 0 Å². The lowest BCUT2D eigenvalue weighted by Gasteiger charge is -2.30. The fourth-order valence-corrected chi connectivity index (χ4v) is 4.86. The Morgan fingerprint density at radius 3 is 1.77 bits per heavy atom. The van der Waals surface area contributed by atoms with Gasteiger partial charge >= 0.3 is 0 Å². The van der Waals surface area contributed by atoms with Gasteiger partial charge in [0.25, 0.3) is 0 Å². The van der Waals surface area contributed by atoms with Crippen LogP contribution in [-0.4, -0.2) is 36.0 Å². The third-order valence-corrected chi connectivity index (χ3v) is 6.42. The Morgan fingerprint density at radius 2 is 1.23 bits per heavy atom. The van der Waals surface area contributed by atoms with Gasteiger partial charge in [-0.15, -0.1) is 0 Å². The lowest BCUT2D eigenvalue weighted by Crippen LogP contribution is -2.33. The summed E-state index contributed by atoms with van der Waals surface area (Å²) in [6, 6.07) is 17.8. The molecule has 2 fully saturated rings. The summed E-state index contributed by atoms with van der Waals surface area (Å²) in [5, 5.41) is 0. The zero-order valence-corrected chi connectivity index (χ0v) is 19.6. The third kappa shape index (κ3) is 8.24. The normalized spacial score (nSPS) is 20.8. The van der Waals surface area contributed by atoms with Gasteiger partial charge in [-0.2, -0.15) is 0 Å². The van der Waals surface area contributed by atoms with Crippen LogP contribution in [0, 0.1) is 19.8 Å². The molecule has 0 aliphatic carbocycles. The summed E-state index contributed by atoms with van der Waals surface area (Å²) in [5.74, 6) is 0.878. The molecular weight excluding hydrogens is 364 g/mol. The maximum Gasteiger partial charge on any atom is 0.0233 e. The summed E-state index contributed by atoms with van der Waals surface area (Å²) >= 11 is 0. The van der Waals surface area contributed by atoms with Crippen molar-refractivity contribution in [2.24, 2.45) is 5.92 Å². The first kappa shape index (κ1) is 23.0. The Hall–Kier alpha value is -1.64. The molecule has 2 nitrogen and oxygen atoms in total. The molecule has 2 aromatic carbocycles. The van der Waals surface area contributed by atoms with E-state index < -0.39 is 0 Å². The molecule has 2 aliphatic rings. The highest BCUT2D eigenvalue weighted by Gasteiger charge is 2.16. The third-order valence-electron chi connectivity index (χ3n) is 6.42. The fourth-order valence-electron chi connectivity index (χ4n) is 4.86. The van der Waals surface area contributed by atoms with Crippen molar-refractivity contribution in [3.05, 3.63) is 70.8 Å². The van der Waals surface area contributed by atoms with Gasteiger partial charge in [0.05, 0.1) is 0 Å². The molecule has 2 aliphatic heterocycles. The van der Waals surface area contributed by atoms with Crippen LogP contribution >= 0.6 is 0 Å². The number of piperidine rings is 1. The molecule has 30 heavy (non-hydrogen) atoms. The molecule has 1 unspecified atom stereocenters. The Kier molecular flexibility index (Phi) is 9.42. The Labute approximate surface area is 185 Å². The topological polar surface area (TPSA) is 6.48 Å². The highest BCUT2D eigenvalue weighted by Crippen LogP contribution is 2.18. The number of likely N-dealkylation sites (tertiary alicyclic amines) is 2. The van der Waals surface area contributed by atoms with Gasteiger partial charge in [0.15, 0.2) is 0 Å². The molecule has 2 heteroatoms. The Morgan fingerprint density at radius 1 is 0.700 bits per heavy atom. The molecule has 2 saturated heterocycles. The van der Waals surface area contributed by atoms with E-state index in [4.69, 9.17) is 0 Å². The van der Waals surface area contributed by atoms with Crippen molar-refractivity contribution in [1.82, 2.24) is 9.80 Å². The molecular formula is C28H42N2. The van der Waals surface area contributed by atoms with Crippen LogP contribution in [-0.2, 0) is 13.1 Å². The van der Waals surface area contributed by atoms with E-state index in [9.17, 15) is 0 Å². The monoisotopic (exact) mass is 406 g/mol. The van der Waals surface area contributed by atoms with E-state index in [2.05, 4.69) is 79.1 Å². The first-order chi connectivity index (χ1) is 14.6. The van der Waals surface area contributed by atoms with E-state index >= 15 is 0 Å². The lowest BCUT2D eigenvalue weighted by molar-refractivity contribution is 0.176. The smallest absolute Gasteiger partial charge is 0.0233 e. The molecule has 1 atom stereocenters. The largest absolute Gasteiger partial charge is 0.299 e. The number of aryl methyl sites for hydroxylation is 2. The molecule has 0 spiro atoms. The first-order valence-corrected chi connectivity index (χ1v) is 12.1. The second-order valence-corrected chi connectivity index (χ2v) is 9.65. The first-order valence-electron chi connectivity index (χ1n) is 12.1. The van der Waals surface area contributed by atoms with Gasteiger partial charge < -0.3 is 0 Å². The van der Waals surface area contributed by atoms with Crippen LogP contribution in [0.2, 0.25) is 0 Å². The van der Waals surface area contributed by atoms with E-state index in [-0.39, 0.29) is 0 Å². The van der Waals surface area contributed by atoms with Crippen molar-refractivity contribution in [2.75, 3.05) is 26.2 Å². The molecule has 0 radical (unpaired) electrons. The molecule has 0 amide bonds. The van der Waals surface area contributed by atoms with Gasteiger partial charge in [-0.1, -0.05) is 79.4 Å². The van der Waals surface area contributed by atoms with Crippen LogP contribution in [0.4, 0.5) is 0 Å². The van der Waals surface area contributed by atoms with Gasteiger partial charge in [0, 0.05) is 19.6 Å². The highest BCUT2D eigenvalue weighted by molar-refractivity contribution is 5.22. The second kappa shape index (κ2) is 12.3. The van der Waals surface area contributed by atoms with Crippen molar-refractivity contribution in [2.45, 2.75) is 72.4 Å². The Balaban J connectivity index is 0.000000171. The number of hydrogen-bond acceptors (Lipinski definition) is 2. The SMILES string of the molecule is Cc1cccc(CN2CCCC(C)C2)c1.Cc1cccc(CN2CCCCCC2)c1. The summed E-state index contributed by atoms with van der Waals surface area (Å²) in [7, 11) is 0. The summed E-state index contributed by atoms with van der Waals surface area (Å²) in [6.07, 6.45) is 8.38. The molecule has 4 rings (SSSR count). The molecule has 2 aromatic rings. The summed E-state index contributed by atoms with van der Waals surface area (Å²) in [6.45, 7) is 14.1. The van der Waals surface area contributed by atoms with Crippen molar-refractivity contribution in [1.29, 1.82) is 0 Å².